The average molecular weight is 237 g/mol. The molecule has 0 aliphatic heterocycles. The van der Waals surface area contributed by atoms with E-state index in [9.17, 15) is 14.4 Å². The van der Waals surface area contributed by atoms with Gasteiger partial charge in [-0.1, -0.05) is 0 Å². The van der Waals surface area contributed by atoms with Gasteiger partial charge < -0.3 is 21.1 Å². The first-order valence-electron chi connectivity index (χ1n) is 3.89. The normalized spacial score (nSPS) is 14.2. The van der Waals surface area contributed by atoms with Gasteiger partial charge in [0, 0.05) is 5.75 Å². The van der Waals surface area contributed by atoms with Crippen molar-refractivity contribution < 1.29 is 29.7 Å². The molecule has 0 aromatic heterocycles. The second kappa shape index (κ2) is 6.25. The first-order chi connectivity index (χ1) is 6.84. The molecule has 0 saturated heterocycles. The molecule has 0 aliphatic rings. The maximum Gasteiger partial charge on any atom is 0.321 e. The van der Waals surface area contributed by atoms with Gasteiger partial charge in [0.2, 0.25) is 0 Å². The Morgan fingerprint density at radius 1 is 1.13 bits per heavy atom. The molecule has 0 spiro atoms. The van der Waals surface area contributed by atoms with Crippen molar-refractivity contribution in [3.8, 4) is 0 Å². The molecule has 2 atom stereocenters. The van der Waals surface area contributed by atoms with Gasteiger partial charge in [-0.2, -0.15) is 0 Å². The number of rotatable bonds is 7. The smallest absolute Gasteiger partial charge is 0.321 e. The fourth-order valence-electron chi connectivity index (χ4n) is 0.667. The van der Waals surface area contributed by atoms with Gasteiger partial charge in [-0.15, -0.1) is 11.8 Å². The molecule has 0 unspecified atom stereocenters. The lowest BCUT2D eigenvalue weighted by atomic mass is 10.3. The van der Waals surface area contributed by atoms with E-state index in [1.807, 2.05) is 0 Å². The Bertz CT molecular complexity index is 268. The van der Waals surface area contributed by atoms with Crippen LogP contribution < -0.4 is 5.73 Å². The predicted molar refractivity (Wildman–Crippen MR) is 51.7 cm³/mol. The van der Waals surface area contributed by atoms with E-state index < -0.39 is 35.6 Å². The number of carboxylic acid groups (broad SMARTS) is 3. The lowest BCUT2D eigenvalue weighted by Crippen LogP contribution is -2.34. The lowest BCUT2D eigenvalue weighted by Gasteiger charge is -2.11. The number of nitrogens with two attached hydrogens (primary N) is 1. The molecule has 0 radical (unpaired) electrons. The van der Waals surface area contributed by atoms with E-state index in [0.29, 0.717) is 11.8 Å². The van der Waals surface area contributed by atoms with Crippen molar-refractivity contribution in [3.05, 3.63) is 0 Å². The number of hydrogen-bond donors (Lipinski definition) is 4. The van der Waals surface area contributed by atoms with Crippen molar-refractivity contribution in [1.82, 2.24) is 0 Å². The molecule has 15 heavy (non-hydrogen) atoms. The van der Waals surface area contributed by atoms with E-state index in [-0.39, 0.29) is 5.75 Å². The summed E-state index contributed by atoms with van der Waals surface area (Å²) in [7, 11) is 0. The second-order valence-corrected chi connectivity index (χ2v) is 3.94. The zero-order valence-electron chi connectivity index (χ0n) is 7.62. The van der Waals surface area contributed by atoms with Gasteiger partial charge in [0.25, 0.3) is 0 Å². The molecule has 0 aromatic carbocycles. The van der Waals surface area contributed by atoms with Crippen LogP contribution in [0.25, 0.3) is 0 Å². The van der Waals surface area contributed by atoms with E-state index in [0.717, 1.165) is 0 Å². The van der Waals surface area contributed by atoms with Gasteiger partial charge in [0.1, 0.15) is 11.3 Å². The standard InChI is InChI=1S/C7H11NO6S/c8-3(6(11)12)2-15-4(7(13)14)1-5(9)10/h3-4H,1-2,8H2,(H,9,10)(H,11,12)(H,13,14)/t3-,4-/m0/s1. The third kappa shape index (κ3) is 5.92. The fourth-order valence-corrected chi connectivity index (χ4v) is 1.65. The Kier molecular flexibility index (Phi) is 5.72. The van der Waals surface area contributed by atoms with Crippen LogP contribution >= 0.6 is 11.8 Å². The molecular formula is C7H11NO6S. The van der Waals surface area contributed by atoms with Gasteiger partial charge in [-0.3, -0.25) is 14.4 Å². The molecule has 7 nitrogen and oxygen atoms in total. The summed E-state index contributed by atoms with van der Waals surface area (Å²) in [6, 6.07) is -1.19. The Morgan fingerprint density at radius 2 is 1.67 bits per heavy atom. The first-order valence-corrected chi connectivity index (χ1v) is 4.94. The lowest BCUT2D eigenvalue weighted by molar-refractivity contribution is -0.142. The molecule has 8 heteroatoms. The highest BCUT2D eigenvalue weighted by atomic mass is 32.2. The molecular weight excluding hydrogens is 226 g/mol. The number of aliphatic carboxylic acids is 3. The van der Waals surface area contributed by atoms with Gasteiger partial charge in [-0.05, 0) is 0 Å². The number of carbonyl (C=O) groups is 3. The fraction of sp³-hybridized carbons (Fsp3) is 0.571. The highest BCUT2D eigenvalue weighted by Crippen LogP contribution is 2.15. The summed E-state index contributed by atoms with van der Waals surface area (Å²) in [4.78, 5) is 31.1. The Labute approximate surface area is 89.3 Å². The van der Waals surface area contributed by atoms with E-state index in [1.54, 1.807) is 0 Å². The van der Waals surface area contributed by atoms with Crippen molar-refractivity contribution in [2.24, 2.45) is 5.73 Å². The van der Waals surface area contributed by atoms with Gasteiger partial charge in [0.05, 0.1) is 6.42 Å². The largest absolute Gasteiger partial charge is 0.481 e. The molecule has 0 heterocycles. The minimum absolute atomic E-state index is 0.139. The van der Waals surface area contributed by atoms with Crippen LogP contribution in [0.15, 0.2) is 0 Å². The van der Waals surface area contributed by atoms with E-state index >= 15 is 0 Å². The van der Waals surface area contributed by atoms with Crippen LogP contribution in [-0.4, -0.2) is 50.3 Å². The predicted octanol–water partition coefficient (Wildman–Crippen LogP) is -0.941. The van der Waals surface area contributed by atoms with Crippen LogP contribution in [0.3, 0.4) is 0 Å². The Hall–Kier alpha value is -1.28. The zero-order chi connectivity index (χ0) is 12.0. The topological polar surface area (TPSA) is 138 Å². The monoisotopic (exact) mass is 237 g/mol. The summed E-state index contributed by atoms with van der Waals surface area (Å²) < 4.78 is 0. The summed E-state index contributed by atoms with van der Waals surface area (Å²) >= 11 is 0.708. The van der Waals surface area contributed by atoms with Gasteiger partial charge in [0.15, 0.2) is 0 Å². The molecule has 0 saturated carbocycles. The first kappa shape index (κ1) is 13.7. The number of carboxylic acids is 3. The van der Waals surface area contributed by atoms with Crippen molar-refractivity contribution in [3.63, 3.8) is 0 Å². The minimum atomic E-state index is -1.29. The van der Waals surface area contributed by atoms with E-state index in [1.165, 1.54) is 0 Å². The van der Waals surface area contributed by atoms with Crippen LogP contribution in [-0.2, 0) is 14.4 Å². The molecule has 5 N–H and O–H groups in total. The zero-order valence-corrected chi connectivity index (χ0v) is 8.44. The summed E-state index contributed by atoms with van der Waals surface area (Å²) in [5.74, 6) is -3.93. The average Bonchev–Trinajstić information content (AvgIpc) is 2.10. The van der Waals surface area contributed by atoms with Crippen LogP contribution in [0.5, 0.6) is 0 Å². The second-order valence-electron chi connectivity index (χ2n) is 2.70. The van der Waals surface area contributed by atoms with Crippen molar-refractivity contribution >= 4 is 29.7 Å². The van der Waals surface area contributed by atoms with Crippen LogP contribution in [0, 0.1) is 0 Å². The highest BCUT2D eigenvalue weighted by molar-refractivity contribution is 8.00. The van der Waals surface area contributed by atoms with E-state index in [4.69, 9.17) is 21.1 Å². The Morgan fingerprint density at radius 3 is 2.00 bits per heavy atom. The van der Waals surface area contributed by atoms with Crippen molar-refractivity contribution in [2.75, 3.05) is 5.75 Å². The molecule has 0 amide bonds. The van der Waals surface area contributed by atoms with Crippen LogP contribution in [0.4, 0.5) is 0 Å². The molecule has 0 aromatic rings. The molecule has 0 fully saturated rings. The van der Waals surface area contributed by atoms with Crippen molar-refractivity contribution in [2.45, 2.75) is 17.7 Å². The van der Waals surface area contributed by atoms with Crippen molar-refractivity contribution in [1.29, 1.82) is 0 Å². The summed E-state index contributed by atoms with van der Waals surface area (Å²) in [5, 5.41) is 24.2. The Balaban J connectivity index is 4.13. The third-order valence-electron chi connectivity index (χ3n) is 1.43. The third-order valence-corrected chi connectivity index (χ3v) is 2.75. The van der Waals surface area contributed by atoms with Crippen LogP contribution in [0.2, 0.25) is 0 Å². The molecule has 0 aliphatic carbocycles. The molecule has 86 valence electrons. The van der Waals surface area contributed by atoms with Crippen LogP contribution in [0.1, 0.15) is 6.42 Å². The van der Waals surface area contributed by atoms with E-state index in [2.05, 4.69) is 0 Å². The summed E-state index contributed by atoms with van der Waals surface area (Å²) in [5.41, 5.74) is 5.13. The maximum absolute atomic E-state index is 10.5. The summed E-state index contributed by atoms with van der Waals surface area (Å²) in [6.45, 7) is 0. The highest BCUT2D eigenvalue weighted by Gasteiger charge is 2.23. The SMILES string of the molecule is N[C@@H](CS[C@@H](CC(=O)O)C(=O)O)C(=O)O. The maximum atomic E-state index is 10.5. The number of hydrogen-bond acceptors (Lipinski definition) is 5. The quantitative estimate of drug-likeness (QED) is 0.445. The molecule has 0 rings (SSSR count). The van der Waals surface area contributed by atoms with Gasteiger partial charge >= 0.3 is 17.9 Å². The molecule has 0 bridgehead atoms. The van der Waals surface area contributed by atoms with Gasteiger partial charge in [-0.25, -0.2) is 0 Å². The summed E-state index contributed by atoms with van der Waals surface area (Å²) in [6.07, 6.45) is -0.563. The minimum Gasteiger partial charge on any atom is -0.481 e. The number of thioether (sulfide) groups is 1.